The Labute approximate surface area is 105 Å². The number of hydrogen-bond acceptors (Lipinski definition) is 3. The molecule has 0 unspecified atom stereocenters. The second-order valence-corrected chi connectivity index (χ2v) is 3.90. The van der Waals surface area contributed by atoms with Crippen LogP contribution in [0.25, 0.3) is 0 Å². The predicted molar refractivity (Wildman–Crippen MR) is 65.9 cm³/mol. The molecule has 0 amide bonds. The molecule has 0 aliphatic heterocycles. The molecule has 1 N–H and O–H groups in total. The lowest BCUT2D eigenvalue weighted by atomic mass is 10.2. The van der Waals surface area contributed by atoms with Crippen LogP contribution in [0.15, 0.2) is 36.5 Å². The monoisotopic (exact) mass is 246 g/mol. The molecule has 2 aromatic rings. The Morgan fingerprint density at radius 1 is 1.33 bits per heavy atom. The van der Waals surface area contributed by atoms with Crippen LogP contribution in [0.3, 0.4) is 0 Å². The third kappa shape index (κ3) is 3.10. The summed E-state index contributed by atoms with van der Waals surface area (Å²) < 4.78 is 7.31. The van der Waals surface area contributed by atoms with Crippen LogP contribution < -0.4 is 4.74 Å². The Morgan fingerprint density at radius 3 is 2.61 bits per heavy atom. The molecule has 0 spiro atoms. The van der Waals surface area contributed by atoms with Crippen molar-refractivity contribution in [3.63, 3.8) is 0 Å². The highest BCUT2D eigenvalue weighted by molar-refractivity contribution is 5.87. The molecular formula is C13H14N2O3. The van der Waals surface area contributed by atoms with Crippen molar-refractivity contribution in [2.75, 3.05) is 6.61 Å². The number of aromatic nitrogens is 2. The fourth-order valence-corrected chi connectivity index (χ4v) is 1.54. The minimum absolute atomic E-state index is 0.255. The summed E-state index contributed by atoms with van der Waals surface area (Å²) in [5.41, 5.74) is 1.23. The molecule has 1 aromatic carbocycles. The number of rotatable bonds is 5. The quantitative estimate of drug-likeness (QED) is 0.876. The molecule has 2 rings (SSSR count). The fourth-order valence-electron chi connectivity index (χ4n) is 1.54. The second-order valence-electron chi connectivity index (χ2n) is 3.90. The molecule has 0 aliphatic carbocycles. The number of benzene rings is 1. The standard InChI is InChI=1S/C13H14N2O3/c1-10-6-7-15(14-10)8-9-18-12-4-2-11(3-5-12)13(16)17/h2-7H,8-9H2,1H3,(H,16,17). The summed E-state index contributed by atoms with van der Waals surface area (Å²) in [6.07, 6.45) is 1.90. The van der Waals surface area contributed by atoms with Crippen LogP contribution >= 0.6 is 0 Å². The highest BCUT2D eigenvalue weighted by Crippen LogP contribution is 2.12. The van der Waals surface area contributed by atoms with E-state index in [1.165, 1.54) is 12.1 Å². The number of aromatic carboxylic acids is 1. The van der Waals surface area contributed by atoms with Crippen LogP contribution in [0.5, 0.6) is 5.75 Å². The maximum absolute atomic E-state index is 10.7. The van der Waals surface area contributed by atoms with Crippen molar-refractivity contribution in [2.45, 2.75) is 13.5 Å². The first-order valence-electron chi connectivity index (χ1n) is 5.61. The van der Waals surface area contributed by atoms with Gasteiger partial charge < -0.3 is 9.84 Å². The van der Waals surface area contributed by atoms with Gasteiger partial charge in [0.2, 0.25) is 0 Å². The van der Waals surface area contributed by atoms with Gasteiger partial charge in [-0.2, -0.15) is 5.10 Å². The van der Waals surface area contributed by atoms with E-state index >= 15 is 0 Å². The smallest absolute Gasteiger partial charge is 0.335 e. The Kier molecular flexibility index (Phi) is 3.62. The summed E-state index contributed by atoms with van der Waals surface area (Å²) in [6, 6.07) is 8.28. The molecule has 0 bridgehead atoms. The highest BCUT2D eigenvalue weighted by atomic mass is 16.5. The van der Waals surface area contributed by atoms with Crippen molar-refractivity contribution in [1.82, 2.24) is 9.78 Å². The summed E-state index contributed by atoms with van der Waals surface area (Å²) in [5, 5.41) is 13.0. The molecule has 0 saturated carbocycles. The largest absolute Gasteiger partial charge is 0.492 e. The molecule has 0 radical (unpaired) electrons. The van der Waals surface area contributed by atoms with E-state index in [0.29, 0.717) is 18.9 Å². The Hall–Kier alpha value is -2.30. The predicted octanol–water partition coefficient (Wildman–Crippen LogP) is 1.97. The molecule has 0 aliphatic rings. The van der Waals surface area contributed by atoms with Crippen molar-refractivity contribution >= 4 is 5.97 Å². The number of nitrogens with zero attached hydrogens (tertiary/aromatic N) is 2. The average molecular weight is 246 g/mol. The second kappa shape index (κ2) is 5.35. The molecule has 18 heavy (non-hydrogen) atoms. The van der Waals surface area contributed by atoms with Gasteiger partial charge in [0.1, 0.15) is 12.4 Å². The zero-order valence-electron chi connectivity index (χ0n) is 10.0. The zero-order chi connectivity index (χ0) is 13.0. The molecule has 1 heterocycles. The normalized spacial score (nSPS) is 10.3. The summed E-state index contributed by atoms with van der Waals surface area (Å²) in [5.74, 6) is -0.280. The van der Waals surface area contributed by atoms with Crippen LogP contribution in [-0.4, -0.2) is 27.5 Å². The minimum Gasteiger partial charge on any atom is -0.492 e. The van der Waals surface area contributed by atoms with E-state index in [2.05, 4.69) is 5.10 Å². The SMILES string of the molecule is Cc1ccn(CCOc2ccc(C(=O)O)cc2)n1. The van der Waals surface area contributed by atoms with Gasteiger partial charge in [-0.1, -0.05) is 0 Å². The highest BCUT2D eigenvalue weighted by Gasteiger charge is 2.02. The van der Waals surface area contributed by atoms with Crippen molar-refractivity contribution in [3.05, 3.63) is 47.8 Å². The van der Waals surface area contributed by atoms with Crippen molar-refractivity contribution in [2.24, 2.45) is 0 Å². The maximum atomic E-state index is 10.7. The van der Waals surface area contributed by atoms with Gasteiger partial charge >= 0.3 is 5.97 Å². The van der Waals surface area contributed by atoms with Crippen molar-refractivity contribution in [1.29, 1.82) is 0 Å². The lowest BCUT2D eigenvalue weighted by Gasteiger charge is -2.06. The van der Waals surface area contributed by atoms with Crippen molar-refractivity contribution in [3.8, 4) is 5.75 Å². The Bertz CT molecular complexity index is 531. The van der Waals surface area contributed by atoms with Gasteiger partial charge in [0, 0.05) is 6.20 Å². The molecule has 94 valence electrons. The summed E-state index contributed by atoms with van der Waals surface area (Å²) in [4.78, 5) is 10.7. The molecule has 0 saturated heterocycles. The van der Waals surface area contributed by atoms with E-state index in [4.69, 9.17) is 9.84 Å². The number of hydrogen-bond donors (Lipinski definition) is 1. The third-order valence-corrected chi connectivity index (χ3v) is 2.46. The van der Waals surface area contributed by atoms with Gasteiger partial charge in [0.25, 0.3) is 0 Å². The Morgan fingerprint density at radius 2 is 2.06 bits per heavy atom. The van der Waals surface area contributed by atoms with Gasteiger partial charge in [-0.15, -0.1) is 0 Å². The van der Waals surface area contributed by atoms with Crippen LogP contribution in [-0.2, 0) is 6.54 Å². The molecule has 1 aromatic heterocycles. The lowest BCUT2D eigenvalue weighted by Crippen LogP contribution is -2.08. The van der Waals surface area contributed by atoms with E-state index in [1.807, 2.05) is 19.2 Å². The van der Waals surface area contributed by atoms with E-state index in [9.17, 15) is 4.79 Å². The van der Waals surface area contributed by atoms with E-state index in [-0.39, 0.29) is 5.56 Å². The van der Waals surface area contributed by atoms with Crippen LogP contribution in [0.4, 0.5) is 0 Å². The fraction of sp³-hybridized carbons (Fsp3) is 0.231. The lowest BCUT2D eigenvalue weighted by molar-refractivity contribution is 0.0697. The molecular weight excluding hydrogens is 232 g/mol. The molecule has 0 atom stereocenters. The maximum Gasteiger partial charge on any atom is 0.335 e. The number of aryl methyl sites for hydroxylation is 1. The van der Waals surface area contributed by atoms with E-state index in [1.54, 1.807) is 16.8 Å². The first kappa shape index (κ1) is 12.2. The van der Waals surface area contributed by atoms with Gasteiger partial charge in [-0.25, -0.2) is 4.79 Å². The molecule has 5 heteroatoms. The third-order valence-electron chi connectivity index (χ3n) is 2.46. The number of carboxylic acid groups (broad SMARTS) is 1. The number of ether oxygens (including phenoxy) is 1. The van der Waals surface area contributed by atoms with Crippen molar-refractivity contribution < 1.29 is 14.6 Å². The van der Waals surface area contributed by atoms with Gasteiger partial charge in [-0.05, 0) is 37.3 Å². The van der Waals surface area contributed by atoms with Gasteiger partial charge in [0.15, 0.2) is 0 Å². The summed E-state index contributed by atoms with van der Waals surface area (Å²) in [6.45, 7) is 3.09. The Balaban J connectivity index is 1.85. The van der Waals surface area contributed by atoms with E-state index < -0.39 is 5.97 Å². The summed E-state index contributed by atoms with van der Waals surface area (Å²) >= 11 is 0. The topological polar surface area (TPSA) is 64.3 Å². The minimum atomic E-state index is -0.937. The first-order chi connectivity index (χ1) is 8.65. The van der Waals surface area contributed by atoms with Crippen LogP contribution in [0.2, 0.25) is 0 Å². The molecule has 5 nitrogen and oxygen atoms in total. The first-order valence-corrected chi connectivity index (χ1v) is 5.61. The van der Waals surface area contributed by atoms with Crippen LogP contribution in [0.1, 0.15) is 16.1 Å². The number of carboxylic acids is 1. The molecule has 0 fully saturated rings. The zero-order valence-corrected chi connectivity index (χ0v) is 10.0. The summed E-state index contributed by atoms with van der Waals surface area (Å²) in [7, 11) is 0. The number of carbonyl (C=O) groups is 1. The van der Waals surface area contributed by atoms with Crippen LogP contribution in [0, 0.1) is 6.92 Å². The average Bonchev–Trinajstić information content (AvgIpc) is 2.76. The van der Waals surface area contributed by atoms with Gasteiger partial charge in [0.05, 0.1) is 17.8 Å². The van der Waals surface area contributed by atoms with Gasteiger partial charge in [-0.3, -0.25) is 4.68 Å². The van der Waals surface area contributed by atoms with E-state index in [0.717, 1.165) is 5.69 Å².